The van der Waals surface area contributed by atoms with Gasteiger partial charge < -0.3 is 19.8 Å². The molecule has 55 heavy (non-hydrogen) atoms. The molecule has 3 unspecified atom stereocenters. The fourth-order valence-electron chi connectivity index (χ4n) is 11.3. The maximum absolute atomic E-state index is 13.1. The molecule has 6 rings (SSSR count). The van der Waals surface area contributed by atoms with E-state index in [4.69, 9.17) is 4.74 Å². The zero-order valence-electron chi connectivity index (χ0n) is 32.6. The quantitative estimate of drug-likeness (QED) is 0.128. The number of likely N-dealkylation sites (tertiary alicyclic amines) is 1. The Morgan fingerprint density at radius 3 is 2.33 bits per heavy atom. The van der Waals surface area contributed by atoms with Crippen LogP contribution in [0.4, 0.5) is 26.7 Å². The number of benzene rings is 1. The highest BCUT2D eigenvalue weighted by Crippen LogP contribution is 2.63. The molecule has 2 aliphatic heterocycles. The molecule has 1 amide bonds. The molecule has 4 fully saturated rings. The van der Waals surface area contributed by atoms with Gasteiger partial charge in [-0.2, -0.15) is 22.0 Å². The second-order valence-electron chi connectivity index (χ2n) is 17.6. The Morgan fingerprint density at radius 2 is 1.62 bits per heavy atom. The Balaban J connectivity index is 1.03. The van der Waals surface area contributed by atoms with Gasteiger partial charge in [0.25, 0.3) is 0 Å². The summed E-state index contributed by atoms with van der Waals surface area (Å²) in [4.78, 5) is 16.6. The van der Waals surface area contributed by atoms with Crippen molar-refractivity contribution in [2.75, 3.05) is 44.4 Å². The third-order valence-electron chi connectivity index (χ3n) is 14.4. The van der Waals surface area contributed by atoms with Gasteiger partial charge in [0.15, 0.2) is 0 Å². The molecule has 0 spiro atoms. The minimum atomic E-state index is -5.56. The fraction of sp³-hybridized carbons (Fsp3) is 0.833. The number of rotatable bonds is 16. The Bertz CT molecular complexity index is 1460. The van der Waals surface area contributed by atoms with Crippen molar-refractivity contribution in [1.29, 1.82) is 0 Å². The zero-order chi connectivity index (χ0) is 39.4. The highest BCUT2D eigenvalue weighted by molar-refractivity contribution is 7.84. The van der Waals surface area contributed by atoms with Crippen molar-refractivity contribution in [3.05, 3.63) is 34.9 Å². The summed E-state index contributed by atoms with van der Waals surface area (Å²) >= 11 is 0. The minimum Gasteiger partial charge on any atom is -0.465 e. The number of piperidine rings is 1. The van der Waals surface area contributed by atoms with Gasteiger partial charge in [-0.3, -0.25) is 9.11 Å². The number of hydrogen-bond acceptors (Lipinski definition) is 5. The fourth-order valence-corrected chi connectivity index (χ4v) is 12.5. The summed E-state index contributed by atoms with van der Waals surface area (Å²) in [5.74, 6) is -2.52. The van der Waals surface area contributed by atoms with E-state index in [0.717, 1.165) is 122 Å². The lowest BCUT2D eigenvalue weighted by molar-refractivity contribution is -0.284. The number of aliphatic hydroxyl groups is 1. The average Bonchev–Trinajstić information content (AvgIpc) is 3.46. The van der Waals surface area contributed by atoms with Crippen LogP contribution in [0.3, 0.4) is 0 Å². The molecule has 1 aromatic rings. The Hall–Kier alpha value is -1.83. The van der Waals surface area contributed by atoms with Crippen molar-refractivity contribution in [3.63, 3.8) is 0 Å². The Labute approximate surface area is 326 Å². The molecule has 9 atom stereocenters. The normalized spacial score (nSPS) is 32.1. The molecule has 13 heteroatoms. The Morgan fingerprint density at radius 1 is 0.927 bits per heavy atom. The number of unbranched alkanes of at least 4 members (excludes halogenated alkanes) is 6. The van der Waals surface area contributed by atoms with Crippen LogP contribution >= 0.6 is 0 Å². The van der Waals surface area contributed by atoms with Crippen LogP contribution in [0.5, 0.6) is 0 Å². The predicted octanol–water partition coefficient (Wildman–Crippen LogP) is 9.49. The highest BCUT2D eigenvalue weighted by Gasteiger charge is 2.57. The van der Waals surface area contributed by atoms with Crippen molar-refractivity contribution in [3.8, 4) is 0 Å². The first-order chi connectivity index (χ1) is 26.2. The van der Waals surface area contributed by atoms with Gasteiger partial charge in [0.1, 0.15) is 0 Å². The van der Waals surface area contributed by atoms with Crippen LogP contribution in [0.2, 0.25) is 0 Å². The zero-order valence-corrected chi connectivity index (χ0v) is 33.4. The van der Waals surface area contributed by atoms with Gasteiger partial charge in [-0.1, -0.05) is 63.6 Å². The third-order valence-corrected chi connectivity index (χ3v) is 15.9. The summed E-state index contributed by atoms with van der Waals surface area (Å²) in [6, 6.07) is 7.06. The summed E-state index contributed by atoms with van der Waals surface area (Å²) < 4.78 is 81.0. The lowest BCUT2D eigenvalue weighted by Crippen LogP contribution is -2.51. The summed E-state index contributed by atoms with van der Waals surface area (Å²) in [6.07, 6.45) is 6.34. The van der Waals surface area contributed by atoms with Crippen molar-refractivity contribution in [1.82, 2.24) is 9.80 Å². The van der Waals surface area contributed by atoms with Crippen LogP contribution in [0.1, 0.15) is 138 Å². The first-order valence-electron chi connectivity index (χ1n) is 21.1. The van der Waals surface area contributed by atoms with Gasteiger partial charge in [-0.05, 0) is 110 Å². The number of ether oxygens (including phenoxy) is 1. The maximum atomic E-state index is 13.1. The molecule has 2 N–H and O–H groups in total. The number of morpholine rings is 1. The number of nitrogens with zero attached hydrogens (tertiary/aromatic N) is 2. The molecule has 2 saturated carbocycles. The van der Waals surface area contributed by atoms with E-state index >= 15 is 0 Å². The summed E-state index contributed by atoms with van der Waals surface area (Å²) in [5, 5.41) is 21.4. The molecule has 1 aromatic carbocycles. The van der Waals surface area contributed by atoms with E-state index in [1.165, 1.54) is 11.1 Å². The van der Waals surface area contributed by atoms with Crippen LogP contribution in [0.25, 0.3) is 0 Å². The van der Waals surface area contributed by atoms with Crippen LogP contribution in [0.15, 0.2) is 18.2 Å². The summed E-state index contributed by atoms with van der Waals surface area (Å²) in [7, 11) is -1.38. The van der Waals surface area contributed by atoms with Crippen LogP contribution in [-0.4, -0.2) is 98.9 Å². The molecule has 2 saturated heterocycles. The summed E-state index contributed by atoms with van der Waals surface area (Å²) in [6.45, 7) is 6.09. The first kappa shape index (κ1) is 42.8. The van der Waals surface area contributed by atoms with Crippen LogP contribution < -0.4 is 0 Å². The van der Waals surface area contributed by atoms with E-state index in [-0.39, 0.29) is 23.3 Å². The smallest absolute Gasteiger partial charge is 0.453 e. The molecule has 2 heterocycles. The standard InChI is InChI=1S/C42H63F5N2O5S/c1-40-18-15-34-33-12-11-29(36-28-32(16-19-49(36)39(51)52)48-20-22-54-23-21-48)26-31(33)27-30(38(34)35(40)13-14-37(40)50)10-7-5-3-2-4-6-8-24-55(53)25-9-17-41(43,44)42(45,46)47/h11-12,26,30,32,34-38,50H,2-10,13-25,27-28H2,1H3,(H,51,52)/t30-,32?,34-,35+,36?,37+,38-,40+,55?/m1/s1. The SMILES string of the molecule is C[C@]12CC[C@@H]3c4ccc(C5CC(N6CCOCC6)CCN5C(=O)O)cc4C[C@@H](CCCCCCCCCS(=O)CCCC(F)(F)C(F)(F)F)[C@H]3[C@@H]1CC[C@@H]2O. The lowest BCUT2D eigenvalue weighted by Gasteiger charge is -2.53. The molecule has 0 radical (unpaired) electrons. The van der Waals surface area contributed by atoms with Gasteiger partial charge >= 0.3 is 18.2 Å². The first-order valence-corrected chi connectivity index (χ1v) is 22.6. The molecular formula is C42H63F5N2O5S. The van der Waals surface area contributed by atoms with Gasteiger partial charge in [-0.25, -0.2) is 4.79 Å². The van der Waals surface area contributed by atoms with E-state index in [9.17, 15) is 41.2 Å². The largest absolute Gasteiger partial charge is 0.465 e. The predicted molar refractivity (Wildman–Crippen MR) is 204 cm³/mol. The second-order valence-corrected chi connectivity index (χ2v) is 19.3. The maximum Gasteiger partial charge on any atom is 0.453 e. The van der Waals surface area contributed by atoms with Gasteiger partial charge in [0, 0.05) is 54.4 Å². The third kappa shape index (κ3) is 9.90. The molecule has 312 valence electrons. The molecular weight excluding hydrogens is 740 g/mol. The molecule has 5 aliphatic rings. The number of aliphatic hydroxyl groups excluding tert-OH is 1. The number of carboxylic acid groups (broad SMARTS) is 1. The molecule has 0 aromatic heterocycles. The van der Waals surface area contributed by atoms with E-state index in [1.54, 1.807) is 4.90 Å². The minimum absolute atomic E-state index is 0.0345. The lowest BCUT2D eigenvalue weighted by atomic mass is 9.52. The second kappa shape index (κ2) is 18.4. The molecule has 7 nitrogen and oxygen atoms in total. The molecule has 0 bridgehead atoms. The Kier molecular flexibility index (Phi) is 14.3. The van der Waals surface area contributed by atoms with Crippen LogP contribution in [-0.2, 0) is 22.0 Å². The van der Waals surface area contributed by atoms with Gasteiger partial charge in [0.05, 0.1) is 25.4 Å². The van der Waals surface area contributed by atoms with Crippen LogP contribution in [0, 0.1) is 23.2 Å². The number of halogens is 5. The van der Waals surface area contributed by atoms with Gasteiger partial charge in [0.2, 0.25) is 0 Å². The highest BCUT2D eigenvalue weighted by atomic mass is 32.2. The average molecular weight is 803 g/mol. The summed E-state index contributed by atoms with van der Waals surface area (Å²) in [5.41, 5.74) is 3.90. The number of amides is 1. The van der Waals surface area contributed by atoms with E-state index in [0.29, 0.717) is 48.4 Å². The monoisotopic (exact) mass is 802 g/mol. The number of carbonyl (C=O) groups is 1. The molecule has 3 aliphatic carbocycles. The van der Waals surface area contributed by atoms with Gasteiger partial charge in [-0.15, -0.1) is 0 Å². The topological polar surface area (TPSA) is 90.3 Å². The van der Waals surface area contributed by atoms with Crippen molar-refractivity contribution in [2.45, 2.75) is 152 Å². The van der Waals surface area contributed by atoms with E-state index < -0.39 is 41.8 Å². The van der Waals surface area contributed by atoms with Crippen molar-refractivity contribution < 1.29 is 45.9 Å². The van der Waals surface area contributed by atoms with Crippen molar-refractivity contribution >= 4 is 16.9 Å². The number of alkyl halides is 5. The van der Waals surface area contributed by atoms with Crippen molar-refractivity contribution in [2.24, 2.45) is 23.2 Å². The van der Waals surface area contributed by atoms with E-state index in [2.05, 4.69) is 30.0 Å². The number of hydrogen-bond donors (Lipinski definition) is 2. The number of fused-ring (bicyclic) bond motifs is 5. The van der Waals surface area contributed by atoms with E-state index in [1.807, 2.05) is 0 Å².